The fourth-order valence-corrected chi connectivity index (χ4v) is 3.17. The Morgan fingerprint density at radius 1 is 1.00 bits per heavy atom. The van der Waals surface area contributed by atoms with Crippen LogP contribution in [0.5, 0.6) is 0 Å². The third kappa shape index (κ3) is 8.55. The maximum Gasteiger partial charge on any atom is 0.347 e. The van der Waals surface area contributed by atoms with Crippen molar-refractivity contribution in [3.8, 4) is 0 Å². The van der Waals surface area contributed by atoms with Crippen LogP contribution in [0.1, 0.15) is 51.8 Å². The van der Waals surface area contributed by atoms with Gasteiger partial charge in [0.1, 0.15) is 4.88 Å². The number of hydrogen-bond acceptors (Lipinski definition) is 5. The van der Waals surface area contributed by atoms with Gasteiger partial charge in [0.05, 0.1) is 6.20 Å². The maximum absolute atomic E-state index is 11.7. The molecule has 3 rings (SSSR count). The Labute approximate surface area is 181 Å². The Kier molecular flexibility index (Phi) is 10.3. The van der Waals surface area contributed by atoms with Crippen LogP contribution in [-0.2, 0) is 6.54 Å². The van der Waals surface area contributed by atoms with Crippen LogP contribution in [0.15, 0.2) is 66.9 Å². The number of carboxylic acids is 1. The second-order valence-electron chi connectivity index (χ2n) is 6.52. The molecule has 0 bridgehead atoms. The van der Waals surface area contributed by atoms with Crippen LogP contribution in [-0.4, -0.2) is 28.5 Å². The second kappa shape index (κ2) is 13.2. The number of carboxylic acid groups (broad SMARTS) is 1. The zero-order valence-corrected chi connectivity index (χ0v) is 17.8. The van der Waals surface area contributed by atoms with Crippen molar-refractivity contribution in [3.63, 3.8) is 0 Å². The highest BCUT2D eigenvalue weighted by molar-refractivity contribution is 7.17. The highest BCUT2D eigenvalue weighted by Gasteiger charge is 2.11. The first-order valence-corrected chi connectivity index (χ1v) is 10.7. The summed E-state index contributed by atoms with van der Waals surface area (Å²) in [4.78, 5) is 26.2. The van der Waals surface area contributed by atoms with E-state index in [-0.39, 0.29) is 15.9 Å². The number of aromatic carboxylic acids is 1. The molecule has 0 aliphatic carbocycles. The standard InChI is InChI=1S/C12H19N.C11H8N2O3S/c1-2-3-7-10-13-11-12-8-5-4-6-9-12;14-9(7-4-2-1-3-5-7)13-11-12-6-8(17-11)10(15)16/h4-6,8-9,13H,2-3,7,10-11H2,1H3;1-6H,(H,15,16)(H,12,13,14). The number of aromatic nitrogens is 1. The van der Waals surface area contributed by atoms with Crippen LogP contribution < -0.4 is 10.6 Å². The van der Waals surface area contributed by atoms with Gasteiger partial charge in [-0.1, -0.05) is 79.6 Å². The summed E-state index contributed by atoms with van der Waals surface area (Å²) in [6, 6.07) is 19.2. The molecule has 0 atom stereocenters. The molecule has 30 heavy (non-hydrogen) atoms. The quantitative estimate of drug-likeness (QED) is 0.417. The summed E-state index contributed by atoms with van der Waals surface area (Å²) in [6.07, 6.45) is 5.14. The fourth-order valence-electron chi connectivity index (χ4n) is 2.52. The van der Waals surface area contributed by atoms with Crippen LogP contribution in [0.25, 0.3) is 0 Å². The number of nitrogens with zero attached hydrogens (tertiary/aromatic N) is 1. The Balaban J connectivity index is 0.000000222. The molecule has 0 saturated carbocycles. The Bertz CT molecular complexity index is 898. The number of benzene rings is 2. The predicted molar refractivity (Wildman–Crippen MR) is 121 cm³/mol. The molecule has 2 aromatic carbocycles. The Morgan fingerprint density at radius 3 is 2.27 bits per heavy atom. The molecule has 0 saturated heterocycles. The van der Waals surface area contributed by atoms with Crippen molar-refractivity contribution >= 4 is 28.3 Å². The topological polar surface area (TPSA) is 91.3 Å². The third-order valence-corrected chi connectivity index (χ3v) is 5.00. The van der Waals surface area contributed by atoms with Crippen LogP contribution in [0.3, 0.4) is 0 Å². The second-order valence-corrected chi connectivity index (χ2v) is 7.56. The van der Waals surface area contributed by atoms with Gasteiger partial charge in [0.2, 0.25) is 0 Å². The van der Waals surface area contributed by atoms with Gasteiger partial charge in [-0.2, -0.15) is 0 Å². The van der Waals surface area contributed by atoms with Gasteiger partial charge in [-0.15, -0.1) is 0 Å². The molecule has 3 N–H and O–H groups in total. The number of unbranched alkanes of at least 4 members (excludes halogenated alkanes) is 2. The number of nitrogens with one attached hydrogen (secondary N) is 2. The van der Waals surface area contributed by atoms with Gasteiger partial charge in [-0.25, -0.2) is 9.78 Å². The van der Waals surface area contributed by atoms with Crippen molar-refractivity contribution in [3.05, 3.63) is 82.9 Å². The lowest BCUT2D eigenvalue weighted by Crippen LogP contribution is -2.14. The zero-order valence-electron chi connectivity index (χ0n) is 17.0. The number of anilines is 1. The van der Waals surface area contributed by atoms with E-state index in [0.29, 0.717) is 5.56 Å². The predicted octanol–water partition coefficient (Wildman–Crippen LogP) is 5.06. The molecule has 158 valence electrons. The summed E-state index contributed by atoms with van der Waals surface area (Å²) in [5.74, 6) is -1.36. The molecule has 1 amide bonds. The van der Waals surface area contributed by atoms with Crippen LogP contribution in [0.4, 0.5) is 5.13 Å². The number of rotatable bonds is 9. The lowest BCUT2D eigenvalue weighted by molar-refractivity contribution is 0.0701. The molecule has 0 unspecified atom stereocenters. The minimum absolute atomic E-state index is 0.0911. The molecule has 7 heteroatoms. The van der Waals surface area contributed by atoms with Crippen molar-refractivity contribution in [1.82, 2.24) is 10.3 Å². The molecule has 0 spiro atoms. The van der Waals surface area contributed by atoms with E-state index in [2.05, 4.69) is 52.9 Å². The van der Waals surface area contributed by atoms with Crippen LogP contribution in [0.2, 0.25) is 0 Å². The van der Waals surface area contributed by atoms with Gasteiger partial charge in [-0.05, 0) is 30.7 Å². The van der Waals surface area contributed by atoms with E-state index in [0.717, 1.165) is 24.4 Å². The van der Waals surface area contributed by atoms with Crippen molar-refractivity contribution in [2.75, 3.05) is 11.9 Å². The third-order valence-electron chi connectivity index (χ3n) is 4.10. The number of carbonyl (C=O) groups excluding carboxylic acids is 1. The number of amides is 1. The van der Waals surface area contributed by atoms with E-state index in [1.54, 1.807) is 24.3 Å². The minimum Gasteiger partial charge on any atom is -0.477 e. The molecular weight excluding hydrogens is 398 g/mol. The summed E-state index contributed by atoms with van der Waals surface area (Å²) >= 11 is 0.921. The normalized spacial score (nSPS) is 10.0. The van der Waals surface area contributed by atoms with Crippen LogP contribution in [0, 0.1) is 0 Å². The molecule has 0 aliphatic rings. The lowest BCUT2D eigenvalue weighted by Gasteiger charge is -2.03. The molecule has 3 aromatic rings. The highest BCUT2D eigenvalue weighted by Crippen LogP contribution is 2.18. The molecule has 1 aromatic heterocycles. The van der Waals surface area contributed by atoms with E-state index in [1.165, 1.54) is 31.0 Å². The number of hydrogen-bond donors (Lipinski definition) is 3. The summed E-state index contributed by atoms with van der Waals surface area (Å²) in [5.41, 5.74) is 1.87. The summed E-state index contributed by atoms with van der Waals surface area (Å²) < 4.78 is 0. The maximum atomic E-state index is 11.7. The fraction of sp³-hybridized carbons (Fsp3) is 0.261. The SMILES string of the molecule is CCCCCNCc1ccccc1.O=C(Nc1ncc(C(=O)O)s1)c1ccccc1. The summed E-state index contributed by atoms with van der Waals surface area (Å²) in [6.45, 7) is 4.38. The first-order chi connectivity index (χ1) is 14.6. The Hall–Kier alpha value is -3.03. The molecule has 0 aliphatic heterocycles. The Morgan fingerprint density at radius 2 is 1.67 bits per heavy atom. The largest absolute Gasteiger partial charge is 0.477 e. The van der Waals surface area contributed by atoms with Crippen molar-refractivity contribution in [1.29, 1.82) is 0 Å². The van der Waals surface area contributed by atoms with E-state index < -0.39 is 5.97 Å². The monoisotopic (exact) mass is 425 g/mol. The van der Waals surface area contributed by atoms with Gasteiger partial charge >= 0.3 is 5.97 Å². The zero-order chi connectivity index (χ0) is 21.6. The first-order valence-electron chi connectivity index (χ1n) is 9.90. The average molecular weight is 426 g/mol. The number of thiazole rings is 1. The first kappa shape index (κ1) is 23.3. The molecule has 0 radical (unpaired) electrons. The minimum atomic E-state index is -1.05. The van der Waals surface area contributed by atoms with Gasteiger partial charge in [0.25, 0.3) is 5.91 Å². The summed E-state index contributed by atoms with van der Waals surface area (Å²) in [7, 11) is 0. The van der Waals surface area contributed by atoms with Crippen molar-refractivity contribution in [2.45, 2.75) is 32.7 Å². The molecular formula is C23H27N3O3S. The highest BCUT2D eigenvalue weighted by atomic mass is 32.1. The number of carbonyl (C=O) groups is 2. The van der Waals surface area contributed by atoms with E-state index in [1.807, 2.05) is 6.07 Å². The van der Waals surface area contributed by atoms with Gasteiger partial charge in [0, 0.05) is 12.1 Å². The molecule has 1 heterocycles. The van der Waals surface area contributed by atoms with E-state index in [9.17, 15) is 9.59 Å². The van der Waals surface area contributed by atoms with Gasteiger partial charge in [0.15, 0.2) is 5.13 Å². The average Bonchev–Trinajstić information content (AvgIpc) is 3.24. The van der Waals surface area contributed by atoms with Gasteiger partial charge < -0.3 is 10.4 Å². The van der Waals surface area contributed by atoms with Crippen LogP contribution >= 0.6 is 11.3 Å². The smallest absolute Gasteiger partial charge is 0.347 e. The molecule has 0 fully saturated rings. The van der Waals surface area contributed by atoms with Gasteiger partial charge in [-0.3, -0.25) is 10.1 Å². The van der Waals surface area contributed by atoms with E-state index in [4.69, 9.17) is 5.11 Å². The van der Waals surface area contributed by atoms with Crippen molar-refractivity contribution in [2.24, 2.45) is 0 Å². The molecule has 6 nitrogen and oxygen atoms in total. The summed E-state index contributed by atoms with van der Waals surface area (Å²) in [5, 5.41) is 15.0. The van der Waals surface area contributed by atoms with E-state index >= 15 is 0 Å². The lowest BCUT2D eigenvalue weighted by atomic mass is 10.2. The van der Waals surface area contributed by atoms with Crippen molar-refractivity contribution < 1.29 is 14.7 Å².